The molecule has 0 atom stereocenters. The van der Waals surface area contributed by atoms with Crippen molar-refractivity contribution in [3.05, 3.63) is 89.1 Å². The molecular formula is C19H16N2OS. The topological polar surface area (TPSA) is 34.4 Å². The average molecular weight is 320 g/mol. The van der Waals surface area contributed by atoms with Gasteiger partial charge in [-0.2, -0.15) is 4.99 Å². The Labute approximate surface area is 138 Å². The summed E-state index contributed by atoms with van der Waals surface area (Å²) in [5.41, 5.74) is 2.72. The molecule has 1 aromatic heterocycles. The first-order valence-electron chi connectivity index (χ1n) is 7.28. The third-order valence-electron chi connectivity index (χ3n) is 3.40. The lowest BCUT2D eigenvalue weighted by Crippen LogP contribution is -2.17. The highest BCUT2D eigenvalue weighted by Crippen LogP contribution is 2.19. The molecule has 4 heteroatoms. The summed E-state index contributed by atoms with van der Waals surface area (Å²) in [6.07, 6.45) is 1.81. The lowest BCUT2D eigenvalue weighted by Gasteiger charge is -2.06. The van der Waals surface area contributed by atoms with Crippen LogP contribution in [-0.2, 0) is 6.54 Å². The highest BCUT2D eigenvalue weighted by Gasteiger charge is 2.09. The van der Waals surface area contributed by atoms with Gasteiger partial charge >= 0.3 is 0 Å². The van der Waals surface area contributed by atoms with E-state index in [0.717, 1.165) is 11.3 Å². The van der Waals surface area contributed by atoms with E-state index >= 15 is 0 Å². The third kappa shape index (κ3) is 3.38. The van der Waals surface area contributed by atoms with E-state index in [1.54, 1.807) is 12.1 Å². The number of carbonyl (C=O) groups is 1. The molecule has 0 bridgehead atoms. The SMILES string of the molecule is C=CCn1c(-c2ccccc2)cs/c1=N\C(=O)c1ccccc1. The van der Waals surface area contributed by atoms with E-state index in [1.165, 1.54) is 11.3 Å². The second-order valence-electron chi connectivity index (χ2n) is 4.95. The summed E-state index contributed by atoms with van der Waals surface area (Å²) in [5.74, 6) is -0.232. The summed E-state index contributed by atoms with van der Waals surface area (Å²) in [7, 11) is 0. The molecule has 0 unspecified atom stereocenters. The van der Waals surface area contributed by atoms with Crippen molar-refractivity contribution < 1.29 is 4.79 Å². The highest BCUT2D eigenvalue weighted by molar-refractivity contribution is 7.07. The molecule has 3 nitrogen and oxygen atoms in total. The minimum Gasteiger partial charge on any atom is -0.313 e. The fraction of sp³-hybridized carbons (Fsp3) is 0.0526. The molecule has 1 heterocycles. The molecular weight excluding hydrogens is 304 g/mol. The van der Waals surface area contributed by atoms with Crippen LogP contribution in [0.2, 0.25) is 0 Å². The maximum Gasteiger partial charge on any atom is 0.279 e. The van der Waals surface area contributed by atoms with E-state index in [0.29, 0.717) is 16.9 Å². The van der Waals surface area contributed by atoms with Crippen molar-refractivity contribution in [2.45, 2.75) is 6.54 Å². The van der Waals surface area contributed by atoms with Gasteiger partial charge in [0.25, 0.3) is 5.91 Å². The van der Waals surface area contributed by atoms with Crippen molar-refractivity contribution in [3.63, 3.8) is 0 Å². The zero-order valence-corrected chi connectivity index (χ0v) is 13.4. The summed E-state index contributed by atoms with van der Waals surface area (Å²) >= 11 is 1.46. The van der Waals surface area contributed by atoms with Crippen molar-refractivity contribution >= 4 is 17.2 Å². The maximum absolute atomic E-state index is 12.3. The van der Waals surface area contributed by atoms with Gasteiger partial charge in [0.2, 0.25) is 0 Å². The normalized spacial score (nSPS) is 11.4. The minimum atomic E-state index is -0.232. The molecule has 0 aliphatic heterocycles. The van der Waals surface area contributed by atoms with Gasteiger partial charge in [-0.1, -0.05) is 54.6 Å². The van der Waals surface area contributed by atoms with Crippen LogP contribution in [0.5, 0.6) is 0 Å². The quantitative estimate of drug-likeness (QED) is 0.665. The van der Waals surface area contributed by atoms with Crippen molar-refractivity contribution in [1.82, 2.24) is 4.57 Å². The molecule has 3 rings (SSSR count). The zero-order chi connectivity index (χ0) is 16.1. The number of rotatable bonds is 4. The number of thiazole rings is 1. The summed E-state index contributed by atoms with van der Waals surface area (Å²) < 4.78 is 2.01. The first-order valence-corrected chi connectivity index (χ1v) is 8.16. The Morgan fingerprint density at radius 3 is 2.39 bits per heavy atom. The number of benzene rings is 2. The van der Waals surface area contributed by atoms with Gasteiger partial charge in [0.05, 0.1) is 5.69 Å². The number of hydrogen-bond acceptors (Lipinski definition) is 2. The second-order valence-corrected chi connectivity index (χ2v) is 5.79. The molecule has 0 saturated carbocycles. The van der Waals surface area contributed by atoms with E-state index in [1.807, 2.05) is 64.6 Å². The molecule has 0 fully saturated rings. The molecule has 3 aromatic rings. The van der Waals surface area contributed by atoms with Crippen molar-refractivity contribution in [1.29, 1.82) is 0 Å². The summed E-state index contributed by atoms with van der Waals surface area (Å²) in [6, 6.07) is 19.2. The molecule has 114 valence electrons. The molecule has 0 N–H and O–H groups in total. The predicted molar refractivity (Wildman–Crippen MR) is 94.3 cm³/mol. The van der Waals surface area contributed by atoms with E-state index in [-0.39, 0.29) is 5.91 Å². The Kier molecular flexibility index (Phi) is 4.64. The van der Waals surface area contributed by atoms with Gasteiger partial charge in [-0.15, -0.1) is 17.9 Å². The Hall–Kier alpha value is -2.72. The smallest absolute Gasteiger partial charge is 0.279 e. The fourth-order valence-corrected chi connectivity index (χ4v) is 3.21. The lowest BCUT2D eigenvalue weighted by atomic mass is 10.2. The minimum absolute atomic E-state index is 0.232. The van der Waals surface area contributed by atoms with E-state index in [2.05, 4.69) is 11.6 Å². The van der Waals surface area contributed by atoms with Gasteiger partial charge in [0.15, 0.2) is 4.80 Å². The first kappa shape index (κ1) is 15.2. The average Bonchev–Trinajstić information content (AvgIpc) is 2.99. The van der Waals surface area contributed by atoms with Crippen LogP contribution in [0.1, 0.15) is 10.4 Å². The van der Waals surface area contributed by atoms with Crippen LogP contribution in [0.3, 0.4) is 0 Å². The lowest BCUT2D eigenvalue weighted by molar-refractivity contribution is 0.0998. The second kappa shape index (κ2) is 7.03. The van der Waals surface area contributed by atoms with Gasteiger partial charge < -0.3 is 4.57 Å². The molecule has 0 radical (unpaired) electrons. The number of aromatic nitrogens is 1. The monoisotopic (exact) mass is 320 g/mol. The standard InChI is InChI=1S/C19H16N2OS/c1-2-13-21-17(15-9-5-3-6-10-15)14-23-19(21)20-18(22)16-11-7-4-8-12-16/h2-12,14H,1,13H2/b20-19-. The van der Waals surface area contributed by atoms with Crippen molar-refractivity contribution in [3.8, 4) is 11.3 Å². The van der Waals surface area contributed by atoms with E-state index in [4.69, 9.17) is 0 Å². The third-order valence-corrected chi connectivity index (χ3v) is 4.26. The summed E-state index contributed by atoms with van der Waals surface area (Å²) in [6.45, 7) is 4.41. The number of nitrogens with zero attached hydrogens (tertiary/aromatic N) is 2. The van der Waals surface area contributed by atoms with Gasteiger partial charge in [-0.25, -0.2) is 0 Å². The van der Waals surface area contributed by atoms with Crippen LogP contribution in [-0.4, -0.2) is 10.5 Å². The Morgan fingerprint density at radius 1 is 1.09 bits per heavy atom. The number of hydrogen-bond donors (Lipinski definition) is 0. The first-order chi connectivity index (χ1) is 11.3. The molecule has 0 saturated heterocycles. The van der Waals surface area contributed by atoms with Gasteiger partial charge in [0, 0.05) is 17.5 Å². The van der Waals surface area contributed by atoms with Crippen LogP contribution in [0, 0.1) is 0 Å². The zero-order valence-electron chi connectivity index (χ0n) is 12.6. The Bertz CT molecular complexity index is 876. The molecule has 0 spiro atoms. The van der Waals surface area contributed by atoms with Crippen molar-refractivity contribution in [2.75, 3.05) is 0 Å². The number of amides is 1. The van der Waals surface area contributed by atoms with E-state index < -0.39 is 0 Å². The fourth-order valence-electron chi connectivity index (χ4n) is 2.30. The predicted octanol–water partition coefficient (Wildman–Crippen LogP) is 4.14. The molecule has 23 heavy (non-hydrogen) atoms. The number of carbonyl (C=O) groups excluding carboxylic acids is 1. The van der Waals surface area contributed by atoms with E-state index in [9.17, 15) is 4.79 Å². The summed E-state index contributed by atoms with van der Waals surface area (Å²) in [5, 5.41) is 2.02. The molecule has 1 amide bonds. The van der Waals surface area contributed by atoms with Crippen LogP contribution < -0.4 is 4.80 Å². The molecule has 2 aromatic carbocycles. The van der Waals surface area contributed by atoms with Gasteiger partial charge in [-0.05, 0) is 17.7 Å². The largest absolute Gasteiger partial charge is 0.313 e. The Morgan fingerprint density at radius 2 is 1.74 bits per heavy atom. The van der Waals surface area contributed by atoms with Crippen LogP contribution in [0.15, 0.2) is 83.7 Å². The van der Waals surface area contributed by atoms with Crippen LogP contribution in [0.25, 0.3) is 11.3 Å². The van der Waals surface area contributed by atoms with Gasteiger partial charge in [0.1, 0.15) is 0 Å². The number of allylic oxidation sites excluding steroid dienone is 1. The van der Waals surface area contributed by atoms with Gasteiger partial charge in [-0.3, -0.25) is 4.79 Å². The van der Waals surface area contributed by atoms with Crippen LogP contribution >= 0.6 is 11.3 Å². The van der Waals surface area contributed by atoms with Crippen molar-refractivity contribution in [2.24, 2.45) is 4.99 Å². The molecule has 0 aliphatic rings. The highest BCUT2D eigenvalue weighted by atomic mass is 32.1. The van der Waals surface area contributed by atoms with Crippen LogP contribution in [0.4, 0.5) is 0 Å². The molecule has 0 aliphatic carbocycles. The maximum atomic E-state index is 12.3. The summed E-state index contributed by atoms with van der Waals surface area (Å²) in [4.78, 5) is 17.3. The Balaban J connectivity index is 2.06.